The van der Waals surface area contributed by atoms with Gasteiger partial charge in [-0.3, -0.25) is 14.4 Å². The quantitative estimate of drug-likeness (QED) is 0.533. The summed E-state index contributed by atoms with van der Waals surface area (Å²) in [7, 11) is 5.34. The minimum absolute atomic E-state index is 0.118. The van der Waals surface area contributed by atoms with Gasteiger partial charge in [0.15, 0.2) is 11.5 Å². The molecule has 8 heteroatoms. The van der Waals surface area contributed by atoms with Crippen LogP contribution in [0.1, 0.15) is 29.3 Å². The average molecular weight is 481 g/mol. The van der Waals surface area contributed by atoms with Gasteiger partial charge in [0.05, 0.1) is 26.3 Å². The molecule has 1 amide bonds. The van der Waals surface area contributed by atoms with Crippen molar-refractivity contribution >= 4 is 17.2 Å². The molecule has 0 spiro atoms. The molecule has 1 N–H and O–H groups in total. The van der Waals surface area contributed by atoms with Crippen LogP contribution in [0, 0.1) is 5.92 Å². The number of nitrogens with one attached hydrogen (secondary N) is 1. The first-order valence-corrected chi connectivity index (χ1v) is 12.7. The van der Waals surface area contributed by atoms with Gasteiger partial charge in [-0.2, -0.15) is 5.10 Å². The number of fused-ring (bicyclic) bond motifs is 3. The van der Waals surface area contributed by atoms with E-state index < -0.39 is 0 Å². The van der Waals surface area contributed by atoms with Crippen molar-refractivity contribution in [2.45, 2.75) is 31.2 Å². The van der Waals surface area contributed by atoms with Crippen LogP contribution in [0.25, 0.3) is 11.3 Å². The van der Waals surface area contributed by atoms with E-state index >= 15 is 0 Å². The molecule has 3 fully saturated rings. The number of benzene rings is 1. The lowest BCUT2D eigenvalue weighted by Crippen LogP contribution is -2.56. The number of amides is 1. The van der Waals surface area contributed by atoms with Crippen LogP contribution in [0.5, 0.6) is 11.5 Å². The van der Waals surface area contributed by atoms with Gasteiger partial charge in [0, 0.05) is 48.2 Å². The number of piperidine rings is 3. The molecule has 3 saturated heterocycles. The zero-order valence-electron chi connectivity index (χ0n) is 20.0. The minimum Gasteiger partial charge on any atom is -0.493 e. The van der Waals surface area contributed by atoms with Crippen LogP contribution in [-0.4, -0.2) is 60.5 Å². The van der Waals surface area contributed by atoms with Crippen molar-refractivity contribution in [2.24, 2.45) is 13.0 Å². The summed E-state index contributed by atoms with van der Waals surface area (Å²) in [4.78, 5) is 16.0. The standard InChI is InChI=1S/C26H32N4O3S/c1-29-23(14-22(28-29)18-6-7-24(32-2)25(12-18)33-3)21-16-30-9-8-17(21)11-19(30)15-27-26(31)13-20-5-4-10-34-20/h4-7,10,12,14,17,19,21H,8-9,11,13,15-16H2,1-3H3,(H,27,31)/t17-,19+,21-/m0/s1. The van der Waals surface area contributed by atoms with Gasteiger partial charge >= 0.3 is 0 Å². The van der Waals surface area contributed by atoms with E-state index in [1.54, 1.807) is 25.6 Å². The highest BCUT2D eigenvalue weighted by Crippen LogP contribution is 2.42. The van der Waals surface area contributed by atoms with Gasteiger partial charge in [0.2, 0.25) is 5.91 Å². The van der Waals surface area contributed by atoms with Gasteiger partial charge in [-0.1, -0.05) is 6.07 Å². The Morgan fingerprint density at radius 2 is 2.06 bits per heavy atom. The molecular weight excluding hydrogens is 448 g/mol. The highest BCUT2D eigenvalue weighted by molar-refractivity contribution is 7.10. The predicted molar refractivity (Wildman–Crippen MR) is 134 cm³/mol. The van der Waals surface area contributed by atoms with Gasteiger partial charge in [0.25, 0.3) is 0 Å². The molecule has 1 aromatic carbocycles. The lowest BCUT2D eigenvalue weighted by molar-refractivity contribution is -0.120. The smallest absolute Gasteiger partial charge is 0.225 e. The number of ether oxygens (including phenoxy) is 2. The van der Waals surface area contributed by atoms with E-state index in [0.29, 0.717) is 35.8 Å². The molecule has 1 unspecified atom stereocenters. The molecule has 3 aromatic rings. The molecule has 7 nitrogen and oxygen atoms in total. The Hall–Kier alpha value is -2.84. The van der Waals surface area contributed by atoms with Crippen molar-refractivity contribution < 1.29 is 14.3 Å². The number of thiophene rings is 1. The Bertz CT molecular complexity index is 1140. The van der Waals surface area contributed by atoms with Crippen molar-refractivity contribution in [3.8, 4) is 22.8 Å². The highest BCUT2D eigenvalue weighted by Gasteiger charge is 2.41. The number of aromatic nitrogens is 2. The second kappa shape index (κ2) is 9.80. The van der Waals surface area contributed by atoms with Gasteiger partial charge in [0.1, 0.15) is 0 Å². The SMILES string of the molecule is COc1ccc(-c2cc([C@H]3CN4CC[C@H]3C[C@@H]4CNC(=O)Cc3cccs3)n(C)n2)cc1OC. The maximum absolute atomic E-state index is 12.4. The fraction of sp³-hybridized carbons (Fsp3) is 0.462. The Kier molecular flexibility index (Phi) is 6.61. The van der Waals surface area contributed by atoms with E-state index in [1.807, 2.05) is 47.4 Å². The highest BCUT2D eigenvalue weighted by atomic mass is 32.1. The van der Waals surface area contributed by atoms with Crippen molar-refractivity contribution in [2.75, 3.05) is 33.9 Å². The van der Waals surface area contributed by atoms with Crippen molar-refractivity contribution in [3.63, 3.8) is 0 Å². The maximum Gasteiger partial charge on any atom is 0.225 e. The van der Waals surface area contributed by atoms with Gasteiger partial charge in [-0.15, -0.1) is 11.3 Å². The Balaban J connectivity index is 1.25. The summed E-state index contributed by atoms with van der Waals surface area (Å²) in [5.41, 5.74) is 3.25. The third kappa shape index (κ3) is 4.57. The zero-order chi connectivity index (χ0) is 23.7. The number of carbonyl (C=O) groups is 1. The van der Waals surface area contributed by atoms with E-state index in [0.717, 1.165) is 42.2 Å². The van der Waals surface area contributed by atoms with Gasteiger partial charge in [-0.25, -0.2) is 0 Å². The molecule has 4 atom stereocenters. The van der Waals surface area contributed by atoms with Crippen LogP contribution in [0.2, 0.25) is 0 Å². The summed E-state index contributed by atoms with van der Waals surface area (Å²) in [6.45, 7) is 2.85. The third-order valence-corrected chi connectivity index (χ3v) is 8.18. The summed E-state index contributed by atoms with van der Waals surface area (Å²) in [5.74, 6) is 2.61. The van der Waals surface area contributed by atoms with Crippen LogP contribution in [0.4, 0.5) is 0 Å². The number of nitrogens with zero attached hydrogens (tertiary/aromatic N) is 3. The maximum atomic E-state index is 12.4. The van der Waals surface area contributed by atoms with E-state index in [-0.39, 0.29) is 5.91 Å². The van der Waals surface area contributed by atoms with Crippen molar-refractivity contribution in [3.05, 3.63) is 52.3 Å². The number of carbonyl (C=O) groups excluding carboxylic acids is 1. The zero-order valence-corrected chi connectivity index (χ0v) is 20.8. The van der Waals surface area contributed by atoms with E-state index in [2.05, 4.69) is 16.3 Å². The van der Waals surface area contributed by atoms with Crippen LogP contribution in [0.3, 0.4) is 0 Å². The molecule has 2 aromatic heterocycles. The number of rotatable bonds is 8. The Morgan fingerprint density at radius 1 is 1.21 bits per heavy atom. The number of hydrogen-bond acceptors (Lipinski definition) is 6. The molecular formula is C26H32N4O3S. The summed E-state index contributed by atoms with van der Waals surface area (Å²) in [6, 6.07) is 12.6. The molecule has 3 aliphatic rings. The van der Waals surface area contributed by atoms with Gasteiger partial charge < -0.3 is 14.8 Å². The van der Waals surface area contributed by atoms with Gasteiger partial charge in [-0.05, 0) is 61.0 Å². The predicted octanol–water partition coefficient (Wildman–Crippen LogP) is 3.70. The number of hydrogen-bond donors (Lipinski definition) is 1. The molecule has 0 aliphatic carbocycles. The molecule has 180 valence electrons. The van der Waals surface area contributed by atoms with Crippen LogP contribution >= 0.6 is 11.3 Å². The molecule has 6 rings (SSSR count). The second-order valence-corrected chi connectivity index (χ2v) is 10.3. The van der Waals surface area contributed by atoms with E-state index in [4.69, 9.17) is 14.6 Å². The largest absolute Gasteiger partial charge is 0.493 e. The van der Waals surface area contributed by atoms with Crippen molar-refractivity contribution in [1.29, 1.82) is 0 Å². The topological polar surface area (TPSA) is 68.6 Å². The van der Waals surface area contributed by atoms with E-state index in [9.17, 15) is 4.79 Å². The lowest BCUT2D eigenvalue weighted by atomic mass is 9.74. The summed E-state index contributed by atoms with van der Waals surface area (Å²) >= 11 is 1.64. The summed E-state index contributed by atoms with van der Waals surface area (Å²) in [5, 5.41) is 10.0. The molecule has 34 heavy (non-hydrogen) atoms. The van der Waals surface area contributed by atoms with Crippen LogP contribution in [0.15, 0.2) is 41.8 Å². The monoisotopic (exact) mass is 480 g/mol. The molecule has 0 radical (unpaired) electrons. The second-order valence-electron chi connectivity index (χ2n) is 9.25. The molecule has 3 aliphatic heterocycles. The third-order valence-electron chi connectivity index (χ3n) is 7.30. The molecule has 2 bridgehead atoms. The molecule has 5 heterocycles. The van der Waals surface area contributed by atoms with Crippen LogP contribution < -0.4 is 14.8 Å². The first-order valence-electron chi connectivity index (χ1n) is 11.8. The lowest BCUT2D eigenvalue weighted by Gasteiger charge is -2.50. The first-order chi connectivity index (χ1) is 16.6. The van der Waals surface area contributed by atoms with E-state index in [1.165, 1.54) is 12.1 Å². The normalized spacial score (nSPS) is 23.6. The number of methoxy groups -OCH3 is 2. The summed E-state index contributed by atoms with van der Waals surface area (Å²) < 4.78 is 12.9. The minimum atomic E-state index is 0.118. The molecule has 0 saturated carbocycles. The summed E-state index contributed by atoms with van der Waals surface area (Å²) in [6.07, 6.45) is 2.78. The van der Waals surface area contributed by atoms with Crippen LogP contribution in [-0.2, 0) is 18.3 Å². The average Bonchev–Trinajstić information content (AvgIpc) is 3.52. The first kappa shape index (κ1) is 22.9. The Morgan fingerprint density at radius 3 is 2.76 bits per heavy atom. The fourth-order valence-electron chi connectivity index (χ4n) is 5.52. The van der Waals surface area contributed by atoms with Crippen molar-refractivity contribution in [1.82, 2.24) is 20.0 Å². The fourth-order valence-corrected chi connectivity index (χ4v) is 6.22. The Labute approximate surface area is 204 Å². The number of aryl methyl sites for hydroxylation is 1.